The van der Waals surface area contributed by atoms with E-state index < -0.39 is 0 Å². The molecule has 1 aliphatic heterocycles. The second kappa shape index (κ2) is 4.66. The minimum absolute atomic E-state index is 0.389. The molecule has 1 saturated carbocycles. The highest BCUT2D eigenvalue weighted by molar-refractivity contribution is 4.97. The highest BCUT2D eigenvalue weighted by Gasteiger charge is 2.40. The van der Waals surface area contributed by atoms with Gasteiger partial charge in [-0.05, 0) is 37.1 Å². The van der Waals surface area contributed by atoms with E-state index in [9.17, 15) is 0 Å². The third-order valence-corrected chi connectivity index (χ3v) is 4.18. The van der Waals surface area contributed by atoms with Gasteiger partial charge in [-0.1, -0.05) is 27.7 Å². The summed E-state index contributed by atoms with van der Waals surface area (Å²) in [6.45, 7) is 13.1. The standard InChI is InChI=1S/C14H28N2/c1-5-8-16-10-13(14(2,3)4)15-9-12(16)11-6-7-11/h11-13,15H,5-10H2,1-4H3. The van der Waals surface area contributed by atoms with Crippen LogP contribution in [0.3, 0.4) is 0 Å². The summed E-state index contributed by atoms with van der Waals surface area (Å²) in [6.07, 6.45) is 4.22. The fourth-order valence-corrected chi connectivity index (χ4v) is 2.90. The predicted octanol–water partition coefficient (Wildman–Crippen LogP) is 2.49. The molecule has 94 valence electrons. The summed E-state index contributed by atoms with van der Waals surface area (Å²) in [5.74, 6) is 1.000. The maximum absolute atomic E-state index is 3.78. The van der Waals surface area contributed by atoms with Gasteiger partial charge in [0.1, 0.15) is 0 Å². The van der Waals surface area contributed by atoms with E-state index in [1.165, 1.54) is 38.9 Å². The van der Waals surface area contributed by atoms with Gasteiger partial charge in [-0.3, -0.25) is 4.90 Å². The van der Waals surface area contributed by atoms with Crippen molar-refractivity contribution in [1.82, 2.24) is 10.2 Å². The number of hydrogen-bond donors (Lipinski definition) is 1. The van der Waals surface area contributed by atoms with Crippen LogP contribution < -0.4 is 5.32 Å². The van der Waals surface area contributed by atoms with Gasteiger partial charge in [0.2, 0.25) is 0 Å². The lowest BCUT2D eigenvalue weighted by Gasteiger charge is -2.45. The lowest BCUT2D eigenvalue weighted by atomic mass is 9.84. The molecule has 1 saturated heterocycles. The van der Waals surface area contributed by atoms with Crippen molar-refractivity contribution >= 4 is 0 Å². The second-order valence-corrected chi connectivity index (χ2v) is 6.73. The number of nitrogens with one attached hydrogen (secondary N) is 1. The van der Waals surface area contributed by atoms with Gasteiger partial charge in [-0.2, -0.15) is 0 Å². The minimum Gasteiger partial charge on any atom is -0.311 e. The van der Waals surface area contributed by atoms with Gasteiger partial charge >= 0.3 is 0 Å². The zero-order chi connectivity index (χ0) is 11.8. The topological polar surface area (TPSA) is 15.3 Å². The van der Waals surface area contributed by atoms with E-state index in [1.807, 2.05) is 0 Å². The summed E-state index contributed by atoms with van der Waals surface area (Å²) in [5, 5.41) is 3.78. The van der Waals surface area contributed by atoms with Gasteiger partial charge in [-0.25, -0.2) is 0 Å². The van der Waals surface area contributed by atoms with Gasteiger partial charge in [-0.15, -0.1) is 0 Å². The fourth-order valence-electron chi connectivity index (χ4n) is 2.90. The van der Waals surface area contributed by atoms with Crippen molar-refractivity contribution in [3.63, 3.8) is 0 Å². The molecule has 2 unspecified atom stereocenters. The molecule has 2 atom stereocenters. The molecule has 1 aliphatic carbocycles. The van der Waals surface area contributed by atoms with E-state index in [1.54, 1.807) is 0 Å². The van der Waals surface area contributed by atoms with E-state index in [4.69, 9.17) is 0 Å². The minimum atomic E-state index is 0.389. The average Bonchev–Trinajstić information content (AvgIpc) is 3.00. The summed E-state index contributed by atoms with van der Waals surface area (Å²) in [7, 11) is 0. The van der Waals surface area contributed by atoms with Gasteiger partial charge in [0.15, 0.2) is 0 Å². The van der Waals surface area contributed by atoms with Gasteiger partial charge in [0.25, 0.3) is 0 Å². The number of piperazine rings is 1. The quantitative estimate of drug-likeness (QED) is 0.792. The molecule has 0 spiro atoms. The van der Waals surface area contributed by atoms with E-state index >= 15 is 0 Å². The average molecular weight is 224 g/mol. The third-order valence-electron chi connectivity index (χ3n) is 4.18. The summed E-state index contributed by atoms with van der Waals surface area (Å²) in [6, 6.07) is 1.49. The smallest absolute Gasteiger partial charge is 0.0249 e. The molecule has 1 N–H and O–H groups in total. The summed E-state index contributed by atoms with van der Waals surface area (Å²) in [4.78, 5) is 2.75. The Kier molecular flexibility index (Phi) is 3.60. The molecule has 0 aromatic rings. The third kappa shape index (κ3) is 2.78. The molecule has 2 rings (SSSR count). The van der Waals surface area contributed by atoms with Crippen LogP contribution >= 0.6 is 0 Å². The van der Waals surface area contributed by atoms with Crippen molar-refractivity contribution in [3.8, 4) is 0 Å². The van der Waals surface area contributed by atoms with Crippen LogP contribution in [0.5, 0.6) is 0 Å². The molecule has 2 heteroatoms. The molecule has 0 aromatic heterocycles. The van der Waals surface area contributed by atoms with Crippen LogP contribution in [0.2, 0.25) is 0 Å². The van der Waals surface area contributed by atoms with Crippen molar-refractivity contribution in [2.45, 2.75) is 59.0 Å². The zero-order valence-corrected chi connectivity index (χ0v) is 11.4. The maximum Gasteiger partial charge on any atom is 0.0249 e. The molecule has 16 heavy (non-hydrogen) atoms. The van der Waals surface area contributed by atoms with Crippen molar-refractivity contribution in [3.05, 3.63) is 0 Å². The lowest BCUT2D eigenvalue weighted by molar-refractivity contribution is 0.0751. The van der Waals surface area contributed by atoms with Crippen molar-refractivity contribution < 1.29 is 0 Å². The van der Waals surface area contributed by atoms with Crippen molar-refractivity contribution in [2.24, 2.45) is 11.3 Å². The van der Waals surface area contributed by atoms with Crippen molar-refractivity contribution in [1.29, 1.82) is 0 Å². The van der Waals surface area contributed by atoms with Crippen LogP contribution in [-0.4, -0.2) is 36.6 Å². The molecule has 0 amide bonds. The highest BCUT2D eigenvalue weighted by atomic mass is 15.2. The maximum atomic E-state index is 3.78. The fraction of sp³-hybridized carbons (Fsp3) is 1.00. The summed E-state index contributed by atoms with van der Waals surface area (Å²) < 4.78 is 0. The highest BCUT2D eigenvalue weighted by Crippen LogP contribution is 2.37. The monoisotopic (exact) mass is 224 g/mol. The SMILES string of the molecule is CCCN1CC(C(C)(C)C)NCC1C1CC1. The molecular weight excluding hydrogens is 196 g/mol. The Morgan fingerprint density at radius 1 is 1.25 bits per heavy atom. The number of rotatable bonds is 3. The Labute approximate surface area is 101 Å². The second-order valence-electron chi connectivity index (χ2n) is 6.73. The first-order valence-electron chi connectivity index (χ1n) is 6.99. The molecular formula is C14H28N2. The zero-order valence-electron chi connectivity index (χ0n) is 11.4. The Hall–Kier alpha value is -0.0800. The van der Waals surface area contributed by atoms with Crippen LogP contribution in [0.4, 0.5) is 0 Å². The van der Waals surface area contributed by atoms with E-state index in [0.717, 1.165) is 12.0 Å². The molecule has 1 heterocycles. The van der Waals surface area contributed by atoms with E-state index in [-0.39, 0.29) is 0 Å². The largest absolute Gasteiger partial charge is 0.311 e. The molecule has 2 aliphatic rings. The molecule has 0 aromatic carbocycles. The van der Waals surface area contributed by atoms with Crippen LogP contribution in [0, 0.1) is 11.3 Å². The Morgan fingerprint density at radius 2 is 1.94 bits per heavy atom. The predicted molar refractivity (Wildman–Crippen MR) is 69.6 cm³/mol. The molecule has 2 fully saturated rings. The first-order chi connectivity index (χ1) is 7.52. The Morgan fingerprint density at radius 3 is 2.44 bits per heavy atom. The summed E-state index contributed by atoms with van der Waals surface area (Å²) in [5.41, 5.74) is 0.389. The Bertz CT molecular complexity index is 227. The lowest BCUT2D eigenvalue weighted by Crippen LogP contribution is -2.61. The molecule has 2 nitrogen and oxygen atoms in total. The van der Waals surface area contributed by atoms with E-state index in [2.05, 4.69) is 37.9 Å². The van der Waals surface area contributed by atoms with Crippen LogP contribution in [0.1, 0.15) is 47.0 Å². The number of nitrogens with zero attached hydrogens (tertiary/aromatic N) is 1. The molecule has 0 radical (unpaired) electrons. The first kappa shape index (κ1) is 12.4. The van der Waals surface area contributed by atoms with Gasteiger partial charge < -0.3 is 5.32 Å². The van der Waals surface area contributed by atoms with E-state index in [0.29, 0.717) is 11.5 Å². The van der Waals surface area contributed by atoms with Gasteiger partial charge in [0, 0.05) is 25.2 Å². The molecule has 0 bridgehead atoms. The first-order valence-corrected chi connectivity index (χ1v) is 6.99. The Balaban J connectivity index is 1.96. The van der Waals surface area contributed by atoms with Crippen LogP contribution in [-0.2, 0) is 0 Å². The number of hydrogen-bond acceptors (Lipinski definition) is 2. The van der Waals surface area contributed by atoms with Crippen LogP contribution in [0.15, 0.2) is 0 Å². The normalized spacial score (nSPS) is 33.0. The van der Waals surface area contributed by atoms with Crippen LogP contribution in [0.25, 0.3) is 0 Å². The van der Waals surface area contributed by atoms with Crippen molar-refractivity contribution in [2.75, 3.05) is 19.6 Å². The summed E-state index contributed by atoms with van der Waals surface area (Å²) >= 11 is 0. The van der Waals surface area contributed by atoms with Gasteiger partial charge in [0.05, 0.1) is 0 Å².